The maximum absolute atomic E-state index is 14.7. The number of allylic oxidation sites excluding steroid dienone is 2. The van der Waals surface area contributed by atoms with Crippen LogP contribution in [0.5, 0.6) is 0 Å². The van der Waals surface area contributed by atoms with Gasteiger partial charge in [-0.3, -0.25) is 14.5 Å². The lowest BCUT2D eigenvalue weighted by Crippen LogP contribution is -2.37. The smallest absolute Gasteiger partial charge is 0.246 e. The van der Waals surface area contributed by atoms with E-state index in [0.29, 0.717) is 66.3 Å². The summed E-state index contributed by atoms with van der Waals surface area (Å²) in [4.78, 5) is 27.7. The van der Waals surface area contributed by atoms with E-state index in [2.05, 4.69) is 27.9 Å². The van der Waals surface area contributed by atoms with Gasteiger partial charge in [0.2, 0.25) is 5.91 Å². The molecule has 0 bridgehead atoms. The zero-order chi connectivity index (χ0) is 32.6. The molecule has 46 heavy (non-hydrogen) atoms. The second-order valence-electron chi connectivity index (χ2n) is 10.3. The first-order valence-corrected chi connectivity index (χ1v) is 14.4. The van der Waals surface area contributed by atoms with Gasteiger partial charge in [-0.15, -0.1) is 0 Å². The average molecular weight is 626 g/mol. The standard InChI is InChI=1S/C29H23F2N7O.C5H10O2/c1-3-27(39)37-10-11-38-20(16-37)14-25(35-38)29-22(13-19(31)6-8-30)21-7-9-32-15-23(21)28(34-29)18-4-5-26-24(12-18)33-17-36(26)2;1-3-7-5-4-6-2/h3-9,12-15,17H,1,10-11,16H2,2H3;3H,1,4-5H2,2H3/b8-6+,19-13?;. The summed E-state index contributed by atoms with van der Waals surface area (Å²) in [5, 5.41) is 6.15. The third-order valence-electron chi connectivity index (χ3n) is 7.40. The Bertz CT molecular complexity index is 1960. The van der Waals surface area contributed by atoms with Crippen LogP contribution >= 0.6 is 0 Å². The van der Waals surface area contributed by atoms with E-state index in [9.17, 15) is 13.6 Å². The summed E-state index contributed by atoms with van der Waals surface area (Å²) in [7, 11) is 3.56. The number of halogens is 2. The molecule has 1 aliphatic heterocycles. The highest BCUT2D eigenvalue weighted by molar-refractivity contribution is 6.03. The Balaban J connectivity index is 0.000000537. The Kier molecular flexibility index (Phi) is 10.1. The molecule has 236 valence electrons. The van der Waals surface area contributed by atoms with Gasteiger partial charge < -0.3 is 18.9 Å². The van der Waals surface area contributed by atoms with Crippen molar-refractivity contribution in [1.82, 2.24) is 34.2 Å². The van der Waals surface area contributed by atoms with E-state index in [1.165, 1.54) is 18.4 Å². The number of hydrogen-bond donors (Lipinski definition) is 0. The number of benzene rings is 1. The number of nitrogens with zero attached hydrogens (tertiary/aromatic N) is 7. The molecule has 0 saturated carbocycles. The molecule has 10 nitrogen and oxygen atoms in total. The van der Waals surface area contributed by atoms with Crippen LogP contribution in [0.25, 0.3) is 50.5 Å². The van der Waals surface area contributed by atoms with Gasteiger partial charge in [0.1, 0.15) is 18.1 Å². The molecule has 0 saturated heterocycles. The zero-order valence-electron chi connectivity index (χ0n) is 25.6. The molecule has 6 rings (SSSR count). The number of aryl methyl sites for hydroxylation is 1. The Morgan fingerprint density at radius 2 is 1.96 bits per heavy atom. The highest BCUT2D eigenvalue weighted by Crippen LogP contribution is 2.37. The molecule has 1 aromatic carbocycles. The van der Waals surface area contributed by atoms with Crippen molar-refractivity contribution in [3.8, 4) is 22.6 Å². The predicted octanol–water partition coefficient (Wildman–Crippen LogP) is 6.16. The molecule has 5 heterocycles. The van der Waals surface area contributed by atoms with Crippen molar-refractivity contribution in [2.24, 2.45) is 7.05 Å². The van der Waals surface area contributed by atoms with Gasteiger partial charge in [0.05, 0.1) is 66.7 Å². The van der Waals surface area contributed by atoms with Crippen molar-refractivity contribution in [3.05, 3.63) is 104 Å². The average Bonchev–Trinajstić information content (AvgIpc) is 3.67. The summed E-state index contributed by atoms with van der Waals surface area (Å²) in [5.74, 6) is -0.927. The first-order valence-electron chi connectivity index (χ1n) is 14.4. The molecule has 0 aliphatic carbocycles. The summed E-state index contributed by atoms with van der Waals surface area (Å²) >= 11 is 0. The third-order valence-corrected chi connectivity index (χ3v) is 7.40. The normalized spacial score (nSPS) is 13.0. The molecular formula is C34H33F2N7O3. The van der Waals surface area contributed by atoms with Crippen LogP contribution in [0.15, 0.2) is 92.8 Å². The van der Waals surface area contributed by atoms with Crippen molar-refractivity contribution < 1.29 is 23.0 Å². The first-order chi connectivity index (χ1) is 22.4. The number of hydrogen-bond acceptors (Lipinski definition) is 7. The van der Waals surface area contributed by atoms with Crippen LogP contribution in [-0.4, -0.2) is 67.0 Å². The topological polar surface area (TPSA) is 100 Å². The minimum atomic E-state index is -0.770. The van der Waals surface area contributed by atoms with Gasteiger partial charge in [-0.25, -0.2) is 18.7 Å². The van der Waals surface area contributed by atoms with Gasteiger partial charge in [0.15, 0.2) is 0 Å². The summed E-state index contributed by atoms with van der Waals surface area (Å²) in [6.45, 7) is 9.52. The van der Waals surface area contributed by atoms with Crippen LogP contribution in [0.3, 0.4) is 0 Å². The number of imidazole rings is 1. The van der Waals surface area contributed by atoms with E-state index in [0.717, 1.165) is 28.4 Å². The van der Waals surface area contributed by atoms with E-state index in [4.69, 9.17) is 14.8 Å². The maximum atomic E-state index is 14.7. The third kappa shape index (κ3) is 6.76. The number of rotatable bonds is 9. The minimum absolute atomic E-state index is 0.152. The Hall–Kier alpha value is -5.49. The van der Waals surface area contributed by atoms with Crippen molar-refractivity contribution in [2.75, 3.05) is 26.9 Å². The predicted molar refractivity (Wildman–Crippen MR) is 173 cm³/mol. The SMILES string of the molecule is C=CC(=O)N1CCn2nc(-c3nc(-c4ccc5c(c4)ncn5C)c4cnccc4c3C=C(F)/C=C/F)cc2C1.C=COCCOC. The molecule has 12 heteroatoms. The molecule has 1 amide bonds. The lowest BCUT2D eigenvalue weighted by Gasteiger charge is -2.26. The minimum Gasteiger partial charge on any atom is -0.499 e. The number of ether oxygens (including phenoxy) is 2. The largest absolute Gasteiger partial charge is 0.499 e. The monoisotopic (exact) mass is 625 g/mol. The maximum Gasteiger partial charge on any atom is 0.246 e. The van der Waals surface area contributed by atoms with E-state index in [1.807, 2.05) is 40.6 Å². The lowest BCUT2D eigenvalue weighted by atomic mass is 9.98. The van der Waals surface area contributed by atoms with Crippen molar-refractivity contribution >= 4 is 33.8 Å². The fraction of sp³-hybridized carbons (Fsp3) is 0.206. The number of fused-ring (bicyclic) bond motifs is 3. The molecule has 0 unspecified atom stereocenters. The Morgan fingerprint density at radius 1 is 1.11 bits per heavy atom. The van der Waals surface area contributed by atoms with Crippen LogP contribution in [0.2, 0.25) is 0 Å². The highest BCUT2D eigenvalue weighted by Gasteiger charge is 2.24. The van der Waals surface area contributed by atoms with Gasteiger partial charge in [0.25, 0.3) is 0 Å². The first kappa shape index (κ1) is 31.9. The number of pyridine rings is 2. The summed E-state index contributed by atoms with van der Waals surface area (Å²) in [6, 6.07) is 9.52. The molecular weight excluding hydrogens is 592 g/mol. The summed E-state index contributed by atoms with van der Waals surface area (Å²) in [6.07, 6.45) is 9.89. The van der Waals surface area contributed by atoms with Crippen LogP contribution < -0.4 is 0 Å². The fourth-order valence-corrected chi connectivity index (χ4v) is 5.18. The molecule has 0 N–H and O–H groups in total. The molecule has 5 aromatic rings. The second kappa shape index (κ2) is 14.5. The van der Waals surface area contributed by atoms with Crippen LogP contribution in [0, 0.1) is 0 Å². The van der Waals surface area contributed by atoms with Crippen molar-refractivity contribution in [1.29, 1.82) is 0 Å². The van der Waals surface area contributed by atoms with Crippen LogP contribution in [-0.2, 0) is 34.4 Å². The van der Waals surface area contributed by atoms with E-state index < -0.39 is 5.83 Å². The van der Waals surface area contributed by atoms with Crippen LogP contribution in [0.1, 0.15) is 11.3 Å². The Labute approximate surface area is 264 Å². The van der Waals surface area contributed by atoms with Gasteiger partial charge >= 0.3 is 0 Å². The van der Waals surface area contributed by atoms with Gasteiger partial charge in [0, 0.05) is 55.7 Å². The van der Waals surface area contributed by atoms with E-state index in [-0.39, 0.29) is 12.2 Å². The highest BCUT2D eigenvalue weighted by atomic mass is 19.1. The number of carbonyl (C=O) groups excluding carboxylic acids is 1. The number of amides is 1. The zero-order valence-corrected chi connectivity index (χ0v) is 25.6. The van der Waals surface area contributed by atoms with Crippen LogP contribution in [0.4, 0.5) is 8.78 Å². The van der Waals surface area contributed by atoms with E-state index in [1.54, 1.807) is 36.8 Å². The van der Waals surface area contributed by atoms with Gasteiger partial charge in [-0.2, -0.15) is 5.10 Å². The van der Waals surface area contributed by atoms with Crippen molar-refractivity contribution in [2.45, 2.75) is 13.1 Å². The molecule has 4 aromatic heterocycles. The van der Waals surface area contributed by atoms with Gasteiger partial charge in [-0.05, 0) is 41.8 Å². The molecule has 1 aliphatic rings. The molecule has 0 spiro atoms. The molecule has 0 radical (unpaired) electrons. The quantitative estimate of drug-likeness (QED) is 0.0837. The lowest BCUT2D eigenvalue weighted by molar-refractivity contribution is -0.127. The summed E-state index contributed by atoms with van der Waals surface area (Å²) < 4.78 is 40.7. The van der Waals surface area contributed by atoms with Gasteiger partial charge in [-0.1, -0.05) is 19.2 Å². The molecule has 0 fully saturated rings. The number of aromatic nitrogens is 6. The number of methoxy groups -OCH3 is 1. The Morgan fingerprint density at radius 3 is 2.72 bits per heavy atom. The van der Waals surface area contributed by atoms with E-state index >= 15 is 0 Å². The number of carbonyl (C=O) groups is 1. The second-order valence-corrected chi connectivity index (χ2v) is 10.3. The fourth-order valence-electron chi connectivity index (χ4n) is 5.18. The molecule has 0 atom stereocenters. The summed E-state index contributed by atoms with van der Waals surface area (Å²) in [5.41, 5.74) is 5.43. The van der Waals surface area contributed by atoms with Crippen molar-refractivity contribution in [3.63, 3.8) is 0 Å².